The maximum Gasteiger partial charge on any atom is 0.205 e. The highest BCUT2D eigenvalue weighted by Gasteiger charge is 2.33. The Bertz CT molecular complexity index is 436. The zero-order valence-electron chi connectivity index (χ0n) is 7.93. The maximum absolute atomic E-state index is 11.9. The van der Waals surface area contributed by atoms with E-state index in [1.54, 1.807) is 12.1 Å². The molecule has 2 rings (SSSR count). The number of sulfone groups is 1. The van der Waals surface area contributed by atoms with E-state index in [1.807, 2.05) is 12.1 Å². The molecular weight excluding hydrogens is 200 g/mol. The molecule has 0 aliphatic carbocycles. The second-order valence-corrected chi connectivity index (χ2v) is 5.41. The van der Waals surface area contributed by atoms with Gasteiger partial charge in [-0.15, -0.1) is 0 Å². The van der Waals surface area contributed by atoms with Crippen LogP contribution in [0, 0.1) is 0 Å². The first-order chi connectivity index (χ1) is 6.66. The van der Waals surface area contributed by atoms with Gasteiger partial charge in [0.1, 0.15) is 0 Å². The molecule has 0 bridgehead atoms. The zero-order chi connectivity index (χ0) is 10.2. The lowest BCUT2D eigenvalue weighted by Gasteiger charge is -2.23. The molecule has 1 heterocycles. The standard InChI is InChI=1S/C10H12O3S/c1-13-10-7-6-8-4-2-3-5-9(8)14(10,11)12/h2-5,10H,6-7H2,1H3. The van der Waals surface area contributed by atoms with Crippen LogP contribution in [0.25, 0.3) is 0 Å². The van der Waals surface area contributed by atoms with Crippen LogP contribution >= 0.6 is 0 Å². The first-order valence-corrected chi connectivity index (χ1v) is 6.05. The molecule has 0 N–H and O–H groups in total. The van der Waals surface area contributed by atoms with Crippen LogP contribution < -0.4 is 0 Å². The number of hydrogen-bond donors (Lipinski definition) is 0. The third-order valence-electron chi connectivity index (χ3n) is 2.54. The Morgan fingerprint density at radius 1 is 1.36 bits per heavy atom. The van der Waals surface area contributed by atoms with Crippen molar-refractivity contribution in [1.82, 2.24) is 0 Å². The van der Waals surface area contributed by atoms with Crippen molar-refractivity contribution in [2.75, 3.05) is 7.11 Å². The van der Waals surface area contributed by atoms with E-state index in [2.05, 4.69) is 0 Å². The van der Waals surface area contributed by atoms with Crippen molar-refractivity contribution < 1.29 is 13.2 Å². The van der Waals surface area contributed by atoms with Gasteiger partial charge in [0.25, 0.3) is 0 Å². The van der Waals surface area contributed by atoms with Crippen molar-refractivity contribution in [3.63, 3.8) is 0 Å². The Hall–Kier alpha value is -0.870. The minimum Gasteiger partial charge on any atom is -0.365 e. The van der Waals surface area contributed by atoms with Gasteiger partial charge >= 0.3 is 0 Å². The average molecular weight is 212 g/mol. The minimum atomic E-state index is -3.26. The zero-order valence-corrected chi connectivity index (χ0v) is 8.75. The smallest absolute Gasteiger partial charge is 0.205 e. The third kappa shape index (κ3) is 1.35. The molecule has 0 saturated carbocycles. The van der Waals surface area contributed by atoms with E-state index in [1.165, 1.54) is 7.11 Å². The number of aryl methyl sites for hydroxylation is 1. The van der Waals surface area contributed by atoms with Crippen molar-refractivity contribution in [1.29, 1.82) is 0 Å². The lowest BCUT2D eigenvalue weighted by atomic mass is 10.1. The van der Waals surface area contributed by atoms with Crippen LogP contribution in [0.15, 0.2) is 29.2 Å². The maximum atomic E-state index is 11.9. The van der Waals surface area contributed by atoms with Crippen LogP contribution in [0.5, 0.6) is 0 Å². The summed E-state index contributed by atoms with van der Waals surface area (Å²) >= 11 is 0. The molecule has 4 heteroatoms. The third-order valence-corrected chi connectivity index (χ3v) is 4.67. The lowest BCUT2D eigenvalue weighted by molar-refractivity contribution is 0.154. The van der Waals surface area contributed by atoms with Gasteiger partial charge in [0, 0.05) is 7.11 Å². The highest BCUT2D eigenvalue weighted by atomic mass is 32.2. The Kier molecular flexibility index (Phi) is 2.33. The molecule has 0 spiro atoms. The minimum absolute atomic E-state index is 0.429. The van der Waals surface area contributed by atoms with E-state index in [9.17, 15) is 8.42 Å². The molecule has 1 atom stereocenters. The van der Waals surface area contributed by atoms with Crippen molar-refractivity contribution in [3.05, 3.63) is 29.8 Å². The summed E-state index contributed by atoms with van der Waals surface area (Å²) in [4.78, 5) is 0.429. The number of fused-ring (bicyclic) bond motifs is 1. The molecule has 1 unspecified atom stereocenters. The van der Waals surface area contributed by atoms with E-state index in [-0.39, 0.29) is 0 Å². The number of methoxy groups -OCH3 is 1. The number of hydrogen-bond acceptors (Lipinski definition) is 3. The fraction of sp³-hybridized carbons (Fsp3) is 0.400. The molecule has 1 aromatic rings. The molecule has 0 saturated heterocycles. The van der Waals surface area contributed by atoms with Gasteiger partial charge in [-0.2, -0.15) is 0 Å². The van der Waals surface area contributed by atoms with Gasteiger partial charge in [-0.3, -0.25) is 0 Å². The molecule has 0 fully saturated rings. The first-order valence-electron chi connectivity index (χ1n) is 4.51. The summed E-state index contributed by atoms with van der Waals surface area (Å²) in [7, 11) is -1.81. The van der Waals surface area contributed by atoms with E-state index < -0.39 is 15.3 Å². The SMILES string of the molecule is COC1CCc2ccccc2S1(=O)=O. The number of ether oxygens (including phenoxy) is 1. The molecular formula is C10H12O3S. The topological polar surface area (TPSA) is 43.4 Å². The Morgan fingerprint density at radius 2 is 2.07 bits per heavy atom. The van der Waals surface area contributed by atoms with E-state index in [0.29, 0.717) is 11.3 Å². The summed E-state index contributed by atoms with van der Waals surface area (Å²) in [5.41, 5.74) is 0.234. The van der Waals surface area contributed by atoms with Crippen LogP contribution in [-0.4, -0.2) is 21.0 Å². The van der Waals surface area contributed by atoms with Crippen LogP contribution in [0.4, 0.5) is 0 Å². The second kappa shape index (κ2) is 3.37. The number of benzene rings is 1. The normalized spacial score (nSPS) is 24.2. The predicted molar refractivity (Wildman–Crippen MR) is 52.7 cm³/mol. The van der Waals surface area contributed by atoms with Gasteiger partial charge in [-0.05, 0) is 24.5 Å². The highest BCUT2D eigenvalue weighted by Crippen LogP contribution is 2.29. The predicted octanol–water partition coefficient (Wildman–Crippen LogP) is 1.38. The first kappa shape index (κ1) is 9.68. The molecule has 1 aliphatic rings. The lowest BCUT2D eigenvalue weighted by Crippen LogP contribution is -2.29. The van der Waals surface area contributed by atoms with Crippen LogP contribution in [0.2, 0.25) is 0 Å². The molecule has 0 aromatic heterocycles. The van der Waals surface area contributed by atoms with Crippen molar-refractivity contribution >= 4 is 9.84 Å². The Labute approximate surface area is 83.6 Å². The Balaban J connectivity index is 2.58. The fourth-order valence-corrected chi connectivity index (χ4v) is 3.57. The fourth-order valence-electron chi connectivity index (χ4n) is 1.80. The summed E-state index contributed by atoms with van der Waals surface area (Å²) in [6.45, 7) is 0. The largest absolute Gasteiger partial charge is 0.365 e. The van der Waals surface area contributed by atoms with Gasteiger partial charge in [0.2, 0.25) is 9.84 Å². The van der Waals surface area contributed by atoms with Crippen LogP contribution in [-0.2, 0) is 21.0 Å². The number of rotatable bonds is 1. The van der Waals surface area contributed by atoms with E-state index >= 15 is 0 Å². The summed E-state index contributed by atoms with van der Waals surface area (Å²) in [6.07, 6.45) is 1.32. The van der Waals surface area contributed by atoms with Gasteiger partial charge < -0.3 is 4.74 Å². The molecule has 1 aromatic carbocycles. The highest BCUT2D eigenvalue weighted by molar-refractivity contribution is 7.92. The molecule has 0 amide bonds. The quantitative estimate of drug-likeness (QED) is 0.706. The average Bonchev–Trinajstić information content (AvgIpc) is 2.18. The van der Waals surface area contributed by atoms with Crippen LogP contribution in [0.3, 0.4) is 0 Å². The molecule has 1 aliphatic heterocycles. The van der Waals surface area contributed by atoms with Crippen molar-refractivity contribution in [2.45, 2.75) is 23.2 Å². The molecule has 0 radical (unpaired) electrons. The van der Waals surface area contributed by atoms with Crippen molar-refractivity contribution in [2.24, 2.45) is 0 Å². The summed E-state index contributed by atoms with van der Waals surface area (Å²) < 4.78 is 28.8. The Morgan fingerprint density at radius 3 is 2.79 bits per heavy atom. The van der Waals surface area contributed by atoms with E-state index in [4.69, 9.17) is 4.74 Å². The monoisotopic (exact) mass is 212 g/mol. The second-order valence-electron chi connectivity index (χ2n) is 3.36. The molecule has 76 valence electrons. The summed E-state index contributed by atoms with van der Waals surface area (Å²) in [6, 6.07) is 7.12. The van der Waals surface area contributed by atoms with Gasteiger partial charge in [-0.25, -0.2) is 8.42 Å². The molecule has 14 heavy (non-hydrogen) atoms. The molecule has 3 nitrogen and oxygen atoms in total. The summed E-state index contributed by atoms with van der Waals surface area (Å²) in [5.74, 6) is 0. The van der Waals surface area contributed by atoms with E-state index in [0.717, 1.165) is 12.0 Å². The van der Waals surface area contributed by atoms with Gasteiger partial charge in [0.15, 0.2) is 5.44 Å². The van der Waals surface area contributed by atoms with Gasteiger partial charge in [-0.1, -0.05) is 18.2 Å². The van der Waals surface area contributed by atoms with Crippen molar-refractivity contribution in [3.8, 4) is 0 Å². The summed E-state index contributed by atoms with van der Waals surface area (Å²) in [5, 5.41) is 0. The van der Waals surface area contributed by atoms with Crippen LogP contribution in [0.1, 0.15) is 12.0 Å². The van der Waals surface area contributed by atoms with Gasteiger partial charge in [0.05, 0.1) is 4.90 Å².